The Balaban J connectivity index is 1.70. The van der Waals surface area contributed by atoms with E-state index in [1.54, 1.807) is 0 Å². The molecule has 0 radical (unpaired) electrons. The van der Waals surface area contributed by atoms with Crippen molar-refractivity contribution >= 4 is 22.6 Å². The van der Waals surface area contributed by atoms with E-state index >= 15 is 0 Å². The lowest BCUT2D eigenvalue weighted by atomic mass is 9.73. The molecule has 2 aromatic rings. The van der Waals surface area contributed by atoms with E-state index in [-0.39, 0.29) is 0 Å². The Morgan fingerprint density at radius 1 is 0.952 bits per heavy atom. The third-order valence-corrected chi connectivity index (χ3v) is 5.44. The maximum absolute atomic E-state index is 6.40. The van der Waals surface area contributed by atoms with Gasteiger partial charge in [-0.1, -0.05) is 42.5 Å². The van der Waals surface area contributed by atoms with Gasteiger partial charge in [0.2, 0.25) is 0 Å². The first-order chi connectivity index (χ1) is 10.2. The largest absolute Gasteiger partial charge is 0.327 e. The molecular weight excluding hydrogens is 369 g/mol. The summed E-state index contributed by atoms with van der Waals surface area (Å²) >= 11 is 2.36. The van der Waals surface area contributed by atoms with Gasteiger partial charge in [-0.3, -0.25) is 0 Å². The fourth-order valence-electron chi connectivity index (χ4n) is 3.47. The predicted octanol–water partition coefficient (Wildman–Crippen LogP) is 4.74. The second-order valence-electron chi connectivity index (χ2n) is 6.18. The van der Waals surface area contributed by atoms with Gasteiger partial charge in [0.15, 0.2) is 0 Å². The molecule has 3 atom stereocenters. The summed E-state index contributed by atoms with van der Waals surface area (Å²) in [6, 6.07) is 20.2. The predicted molar refractivity (Wildman–Crippen MR) is 97.4 cm³/mol. The van der Waals surface area contributed by atoms with Crippen molar-refractivity contribution in [1.82, 2.24) is 0 Å². The molecule has 0 heterocycles. The number of rotatable bonds is 3. The molecule has 0 saturated heterocycles. The molecule has 1 saturated carbocycles. The maximum Gasteiger partial charge on any atom is 0.0130 e. The monoisotopic (exact) mass is 391 g/mol. The second-order valence-corrected chi connectivity index (χ2v) is 7.42. The molecule has 0 aromatic heterocycles. The minimum absolute atomic E-state index is 0.351. The first-order valence-electron chi connectivity index (χ1n) is 7.77. The molecule has 1 aliphatic rings. The molecule has 3 rings (SSSR count). The molecule has 1 nitrogen and oxygen atoms in total. The van der Waals surface area contributed by atoms with E-state index in [2.05, 4.69) is 77.2 Å². The molecule has 1 fully saturated rings. The van der Waals surface area contributed by atoms with E-state index in [1.165, 1.54) is 27.5 Å². The summed E-state index contributed by atoms with van der Waals surface area (Å²) in [5.74, 6) is 1.28. The number of hydrogen-bond acceptors (Lipinski definition) is 1. The molecule has 21 heavy (non-hydrogen) atoms. The number of halogens is 1. The maximum atomic E-state index is 6.40. The van der Waals surface area contributed by atoms with Crippen LogP contribution in [0.2, 0.25) is 0 Å². The highest BCUT2D eigenvalue weighted by Crippen LogP contribution is 2.37. The van der Waals surface area contributed by atoms with E-state index in [4.69, 9.17) is 5.73 Å². The van der Waals surface area contributed by atoms with Gasteiger partial charge >= 0.3 is 0 Å². The van der Waals surface area contributed by atoms with Gasteiger partial charge in [0, 0.05) is 9.61 Å². The fourth-order valence-corrected chi connectivity index (χ4v) is 3.83. The van der Waals surface area contributed by atoms with Crippen LogP contribution in [0.5, 0.6) is 0 Å². The van der Waals surface area contributed by atoms with Crippen molar-refractivity contribution in [2.75, 3.05) is 0 Å². The van der Waals surface area contributed by atoms with Gasteiger partial charge in [-0.25, -0.2) is 0 Å². The van der Waals surface area contributed by atoms with Gasteiger partial charge in [-0.2, -0.15) is 0 Å². The average molecular weight is 391 g/mol. The molecule has 1 aliphatic carbocycles. The average Bonchev–Trinajstić information content (AvgIpc) is 2.52. The standard InChI is InChI=1S/C19H22IN/c20-18-9-6-14(7-10-18)12-17-13-16(8-11-19(17)21)15-4-2-1-3-5-15/h1-7,9-10,16-17,19H,8,11-13,21H2. The quantitative estimate of drug-likeness (QED) is 0.752. The van der Waals surface area contributed by atoms with Gasteiger partial charge in [0.25, 0.3) is 0 Å². The number of nitrogens with two attached hydrogens (primary N) is 1. The van der Waals surface area contributed by atoms with Crippen molar-refractivity contribution in [2.24, 2.45) is 11.7 Å². The number of benzene rings is 2. The Kier molecular flexibility index (Phi) is 4.96. The van der Waals surface area contributed by atoms with Gasteiger partial charge in [-0.05, 0) is 83.4 Å². The number of hydrogen-bond donors (Lipinski definition) is 1. The smallest absolute Gasteiger partial charge is 0.0130 e. The molecule has 2 N–H and O–H groups in total. The summed E-state index contributed by atoms with van der Waals surface area (Å²) in [4.78, 5) is 0. The summed E-state index contributed by atoms with van der Waals surface area (Å²) < 4.78 is 1.30. The van der Waals surface area contributed by atoms with E-state index in [0.717, 1.165) is 12.8 Å². The van der Waals surface area contributed by atoms with E-state index in [1.807, 2.05) is 0 Å². The Morgan fingerprint density at radius 2 is 1.67 bits per heavy atom. The molecule has 2 heteroatoms. The van der Waals surface area contributed by atoms with Crippen molar-refractivity contribution in [3.63, 3.8) is 0 Å². The summed E-state index contributed by atoms with van der Waals surface area (Å²) in [5, 5.41) is 0. The second kappa shape index (κ2) is 6.93. The van der Waals surface area contributed by atoms with Crippen LogP contribution in [0.15, 0.2) is 54.6 Å². The summed E-state index contributed by atoms with van der Waals surface area (Å²) in [6.07, 6.45) is 4.71. The lowest BCUT2D eigenvalue weighted by Crippen LogP contribution is -2.36. The van der Waals surface area contributed by atoms with Crippen molar-refractivity contribution < 1.29 is 0 Å². The minimum atomic E-state index is 0.351. The van der Waals surface area contributed by atoms with Crippen LogP contribution in [0.4, 0.5) is 0 Å². The van der Waals surface area contributed by atoms with Crippen molar-refractivity contribution in [1.29, 1.82) is 0 Å². The van der Waals surface area contributed by atoms with Gasteiger partial charge in [0.05, 0.1) is 0 Å². The zero-order valence-electron chi connectivity index (χ0n) is 12.2. The molecule has 110 valence electrons. The van der Waals surface area contributed by atoms with Crippen LogP contribution in [0.3, 0.4) is 0 Å². The van der Waals surface area contributed by atoms with Crippen molar-refractivity contribution in [3.8, 4) is 0 Å². The van der Waals surface area contributed by atoms with E-state index in [9.17, 15) is 0 Å². The third-order valence-electron chi connectivity index (χ3n) is 4.72. The highest BCUT2D eigenvalue weighted by molar-refractivity contribution is 14.1. The minimum Gasteiger partial charge on any atom is -0.327 e. The summed E-state index contributed by atoms with van der Waals surface area (Å²) in [6.45, 7) is 0. The van der Waals surface area contributed by atoms with Crippen LogP contribution < -0.4 is 5.73 Å². The van der Waals surface area contributed by atoms with Crippen LogP contribution in [-0.2, 0) is 6.42 Å². The van der Waals surface area contributed by atoms with E-state index < -0.39 is 0 Å². The summed E-state index contributed by atoms with van der Waals surface area (Å²) in [7, 11) is 0. The zero-order valence-corrected chi connectivity index (χ0v) is 14.4. The van der Waals surface area contributed by atoms with E-state index in [0.29, 0.717) is 17.9 Å². The molecule has 0 amide bonds. The van der Waals surface area contributed by atoms with Crippen molar-refractivity contribution in [2.45, 2.75) is 37.6 Å². The Bertz CT molecular complexity index is 564. The van der Waals surface area contributed by atoms with Crippen LogP contribution in [-0.4, -0.2) is 6.04 Å². The van der Waals surface area contributed by atoms with Gasteiger partial charge in [-0.15, -0.1) is 0 Å². The zero-order chi connectivity index (χ0) is 14.7. The SMILES string of the molecule is NC1CCC(c2ccccc2)CC1Cc1ccc(I)cc1. The molecule has 3 unspecified atom stereocenters. The lowest BCUT2D eigenvalue weighted by Gasteiger charge is -2.34. The third kappa shape index (κ3) is 3.86. The highest BCUT2D eigenvalue weighted by Gasteiger charge is 2.28. The van der Waals surface area contributed by atoms with Crippen LogP contribution >= 0.6 is 22.6 Å². The topological polar surface area (TPSA) is 26.0 Å². The highest BCUT2D eigenvalue weighted by atomic mass is 127. The lowest BCUT2D eigenvalue weighted by molar-refractivity contribution is 0.277. The fraction of sp³-hybridized carbons (Fsp3) is 0.368. The van der Waals surface area contributed by atoms with Crippen LogP contribution in [0, 0.1) is 9.49 Å². The van der Waals surface area contributed by atoms with Crippen molar-refractivity contribution in [3.05, 3.63) is 69.3 Å². The van der Waals surface area contributed by atoms with Crippen LogP contribution in [0.25, 0.3) is 0 Å². The molecule has 2 aromatic carbocycles. The molecular formula is C19H22IN. The Morgan fingerprint density at radius 3 is 2.38 bits per heavy atom. The first-order valence-corrected chi connectivity index (χ1v) is 8.85. The Labute approximate surface area is 141 Å². The van der Waals surface area contributed by atoms with Gasteiger partial charge < -0.3 is 5.73 Å². The first kappa shape index (κ1) is 15.0. The van der Waals surface area contributed by atoms with Gasteiger partial charge in [0.1, 0.15) is 0 Å². The molecule has 0 aliphatic heterocycles. The summed E-state index contributed by atoms with van der Waals surface area (Å²) in [5.41, 5.74) is 9.30. The molecule has 0 bridgehead atoms. The Hall–Kier alpha value is -0.870. The van der Waals surface area contributed by atoms with Crippen LogP contribution in [0.1, 0.15) is 36.3 Å². The normalized spacial score (nSPS) is 25.7. The molecule has 0 spiro atoms.